The second-order valence-electron chi connectivity index (χ2n) is 4.55. The molecule has 20 heavy (non-hydrogen) atoms. The number of amides is 2. The lowest BCUT2D eigenvalue weighted by molar-refractivity contribution is -0.121. The zero-order valence-corrected chi connectivity index (χ0v) is 12.2. The van der Waals surface area contributed by atoms with E-state index in [-0.39, 0.29) is 43.3 Å². The highest BCUT2D eigenvalue weighted by atomic mass is 35.5. The molecule has 2 amide bonds. The Balaban J connectivity index is 0.00000200. The largest absolute Gasteiger partial charge is 0.482 e. The lowest BCUT2D eigenvalue weighted by atomic mass is 10.1. The Morgan fingerprint density at radius 1 is 1.55 bits per heavy atom. The molecule has 1 heterocycles. The van der Waals surface area contributed by atoms with E-state index >= 15 is 0 Å². The van der Waals surface area contributed by atoms with Crippen molar-refractivity contribution in [3.05, 3.63) is 18.2 Å². The van der Waals surface area contributed by atoms with Crippen LogP contribution in [0.4, 0.5) is 11.4 Å². The Morgan fingerprint density at radius 3 is 2.90 bits per heavy atom. The van der Waals surface area contributed by atoms with Crippen molar-refractivity contribution in [1.82, 2.24) is 0 Å². The van der Waals surface area contributed by atoms with Gasteiger partial charge in [0.15, 0.2) is 6.61 Å². The molecule has 110 valence electrons. The third kappa shape index (κ3) is 3.20. The quantitative estimate of drug-likeness (QED) is 0.872. The summed E-state index contributed by atoms with van der Waals surface area (Å²) < 4.78 is 5.31. The first-order valence-corrected chi connectivity index (χ1v) is 6.07. The van der Waals surface area contributed by atoms with Crippen LogP contribution in [0.1, 0.15) is 6.92 Å². The predicted octanol–water partition coefficient (Wildman–Crippen LogP) is 0.997. The van der Waals surface area contributed by atoms with Crippen LogP contribution in [0.15, 0.2) is 18.2 Å². The fourth-order valence-electron chi connectivity index (χ4n) is 1.72. The van der Waals surface area contributed by atoms with Gasteiger partial charge >= 0.3 is 0 Å². The smallest absolute Gasteiger partial charge is 0.264 e. The number of benzene rings is 1. The standard InChI is InChI=1S/C13H17N3O3.ClH/c1-8(6-14)13(18)15-9-3-4-11-10(5-9)16(2)12(17)7-19-11;/h3-5,8H,6-7,14H2,1-2H3,(H,15,18);1H. The Labute approximate surface area is 123 Å². The van der Waals surface area contributed by atoms with E-state index in [1.165, 1.54) is 4.90 Å². The number of nitrogens with one attached hydrogen (secondary N) is 1. The number of nitrogens with zero attached hydrogens (tertiary/aromatic N) is 1. The van der Waals surface area contributed by atoms with Crippen LogP contribution in [-0.4, -0.2) is 32.0 Å². The van der Waals surface area contributed by atoms with Gasteiger partial charge in [-0.1, -0.05) is 6.92 Å². The molecule has 0 fully saturated rings. The number of anilines is 2. The maximum absolute atomic E-state index is 11.8. The zero-order chi connectivity index (χ0) is 14.0. The number of carbonyl (C=O) groups is 2. The van der Waals surface area contributed by atoms with Gasteiger partial charge in [0.2, 0.25) is 5.91 Å². The zero-order valence-electron chi connectivity index (χ0n) is 11.4. The topological polar surface area (TPSA) is 84.7 Å². The number of ether oxygens (including phenoxy) is 1. The number of carbonyl (C=O) groups excluding carboxylic acids is 2. The van der Waals surface area contributed by atoms with E-state index in [4.69, 9.17) is 10.5 Å². The summed E-state index contributed by atoms with van der Waals surface area (Å²) in [5.74, 6) is 0.109. The molecular formula is C13H18ClN3O3. The average Bonchev–Trinajstić information content (AvgIpc) is 2.42. The monoisotopic (exact) mass is 299 g/mol. The minimum absolute atomic E-state index is 0. The highest BCUT2D eigenvalue weighted by molar-refractivity contribution is 5.99. The fourth-order valence-corrected chi connectivity index (χ4v) is 1.72. The Kier molecular flexibility index (Phi) is 5.35. The van der Waals surface area contributed by atoms with Gasteiger partial charge < -0.3 is 20.7 Å². The second-order valence-corrected chi connectivity index (χ2v) is 4.55. The summed E-state index contributed by atoms with van der Waals surface area (Å²) in [5, 5.41) is 2.77. The van der Waals surface area contributed by atoms with E-state index < -0.39 is 0 Å². The first-order chi connectivity index (χ1) is 9.02. The molecule has 7 heteroatoms. The van der Waals surface area contributed by atoms with Crippen molar-refractivity contribution in [3.63, 3.8) is 0 Å². The summed E-state index contributed by atoms with van der Waals surface area (Å²) >= 11 is 0. The molecular weight excluding hydrogens is 282 g/mol. The number of hydrogen-bond donors (Lipinski definition) is 2. The molecule has 2 rings (SSSR count). The van der Waals surface area contributed by atoms with E-state index in [1.807, 2.05) is 0 Å². The average molecular weight is 300 g/mol. The molecule has 1 unspecified atom stereocenters. The van der Waals surface area contributed by atoms with Gasteiger partial charge in [0.1, 0.15) is 5.75 Å². The van der Waals surface area contributed by atoms with Crippen LogP contribution in [0.5, 0.6) is 5.75 Å². The summed E-state index contributed by atoms with van der Waals surface area (Å²) in [5.41, 5.74) is 6.71. The SMILES string of the molecule is CC(CN)C(=O)Nc1ccc2c(c1)N(C)C(=O)CO2.Cl. The van der Waals surface area contributed by atoms with Crippen molar-refractivity contribution in [2.75, 3.05) is 30.4 Å². The normalized spacial score (nSPS) is 14.8. The van der Waals surface area contributed by atoms with Crippen LogP contribution in [0.3, 0.4) is 0 Å². The molecule has 3 N–H and O–H groups in total. The van der Waals surface area contributed by atoms with E-state index in [1.54, 1.807) is 32.2 Å². The highest BCUT2D eigenvalue weighted by Crippen LogP contribution is 2.33. The number of likely N-dealkylation sites (N-methyl/N-ethyl adjacent to an activating group) is 1. The summed E-state index contributed by atoms with van der Waals surface area (Å²) in [6.45, 7) is 2.09. The van der Waals surface area contributed by atoms with Crippen LogP contribution in [0.2, 0.25) is 0 Å². The van der Waals surface area contributed by atoms with Crippen LogP contribution in [0.25, 0.3) is 0 Å². The van der Waals surface area contributed by atoms with Crippen LogP contribution >= 0.6 is 12.4 Å². The summed E-state index contributed by atoms with van der Waals surface area (Å²) in [7, 11) is 1.68. The molecule has 1 atom stereocenters. The molecule has 6 nitrogen and oxygen atoms in total. The van der Waals surface area contributed by atoms with Gasteiger partial charge in [0, 0.05) is 25.2 Å². The molecule has 0 bridgehead atoms. The minimum atomic E-state index is -0.258. The van der Waals surface area contributed by atoms with Crippen molar-refractivity contribution < 1.29 is 14.3 Å². The Bertz CT molecular complexity index is 522. The highest BCUT2D eigenvalue weighted by Gasteiger charge is 2.22. The maximum atomic E-state index is 11.8. The number of hydrogen-bond acceptors (Lipinski definition) is 4. The molecule has 1 aliphatic rings. The lowest BCUT2D eigenvalue weighted by Crippen LogP contribution is -2.35. The molecule has 1 aromatic carbocycles. The minimum Gasteiger partial charge on any atom is -0.482 e. The third-order valence-corrected chi connectivity index (χ3v) is 3.11. The van der Waals surface area contributed by atoms with E-state index in [0.29, 0.717) is 17.1 Å². The first-order valence-electron chi connectivity index (χ1n) is 6.07. The second kappa shape index (κ2) is 6.58. The molecule has 0 aliphatic carbocycles. The molecule has 0 saturated carbocycles. The van der Waals surface area contributed by atoms with Gasteiger partial charge in [0.05, 0.1) is 5.69 Å². The number of nitrogens with two attached hydrogens (primary N) is 1. The lowest BCUT2D eigenvalue weighted by Gasteiger charge is -2.26. The van der Waals surface area contributed by atoms with Gasteiger partial charge in [-0.05, 0) is 18.2 Å². The van der Waals surface area contributed by atoms with Crippen molar-refractivity contribution in [2.45, 2.75) is 6.92 Å². The molecule has 0 saturated heterocycles. The van der Waals surface area contributed by atoms with Gasteiger partial charge in [0.25, 0.3) is 5.91 Å². The van der Waals surface area contributed by atoms with E-state index in [2.05, 4.69) is 5.32 Å². The summed E-state index contributed by atoms with van der Waals surface area (Å²) in [4.78, 5) is 24.8. The molecule has 0 radical (unpaired) electrons. The van der Waals surface area contributed by atoms with Gasteiger partial charge in [-0.3, -0.25) is 9.59 Å². The van der Waals surface area contributed by atoms with Crippen molar-refractivity contribution >= 4 is 35.6 Å². The predicted molar refractivity (Wildman–Crippen MR) is 79.4 cm³/mol. The Morgan fingerprint density at radius 2 is 2.25 bits per heavy atom. The van der Waals surface area contributed by atoms with Gasteiger partial charge in [-0.15, -0.1) is 12.4 Å². The number of fused-ring (bicyclic) bond motifs is 1. The van der Waals surface area contributed by atoms with Crippen molar-refractivity contribution in [3.8, 4) is 5.75 Å². The van der Waals surface area contributed by atoms with E-state index in [9.17, 15) is 9.59 Å². The van der Waals surface area contributed by atoms with Gasteiger partial charge in [-0.25, -0.2) is 0 Å². The van der Waals surface area contributed by atoms with Crippen molar-refractivity contribution in [2.24, 2.45) is 11.7 Å². The van der Waals surface area contributed by atoms with Crippen LogP contribution in [-0.2, 0) is 9.59 Å². The fraction of sp³-hybridized carbons (Fsp3) is 0.385. The Hall–Kier alpha value is -1.79. The number of halogens is 1. The molecule has 1 aliphatic heterocycles. The third-order valence-electron chi connectivity index (χ3n) is 3.11. The van der Waals surface area contributed by atoms with Gasteiger partial charge in [-0.2, -0.15) is 0 Å². The summed E-state index contributed by atoms with van der Waals surface area (Å²) in [6.07, 6.45) is 0. The van der Waals surface area contributed by atoms with E-state index in [0.717, 1.165) is 0 Å². The van der Waals surface area contributed by atoms with Crippen LogP contribution in [0, 0.1) is 5.92 Å². The van der Waals surface area contributed by atoms with Crippen molar-refractivity contribution in [1.29, 1.82) is 0 Å². The summed E-state index contributed by atoms with van der Waals surface area (Å²) in [6, 6.07) is 5.19. The molecule has 1 aromatic rings. The molecule has 0 spiro atoms. The van der Waals surface area contributed by atoms with Crippen LogP contribution < -0.4 is 20.7 Å². The maximum Gasteiger partial charge on any atom is 0.264 e. The first kappa shape index (κ1) is 16.3. The molecule has 0 aromatic heterocycles. The number of rotatable bonds is 3.